The SMILES string of the molecule is C=C(C)N(C(=N)C(C)C)c1ccc(Cl)cc1. The summed E-state index contributed by atoms with van der Waals surface area (Å²) in [5.74, 6) is 0.696. The maximum absolute atomic E-state index is 8.05. The number of hydrogen-bond donors (Lipinski definition) is 1. The van der Waals surface area contributed by atoms with Gasteiger partial charge in [0.15, 0.2) is 0 Å². The number of halogens is 1. The number of benzene rings is 1. The lowest BCUT2D eigenvalue weighted by Gasteiger charge is -2.27. The number of rotatable bonds is 3. The first-order valence-corrected chi connectivity index (χ1v) is 5.61. The smallest absolute Gasteiger partial charge is 0.107 e. The van der Waals surface area contributed by atoms with E-state index in [2.05, 4.69) is 6.58 Å². The van der Waals surface area contributed by atoms with Gasteiger partial charge in [-0.25, -0.2) is 0 Å². The summed E-state index contributed by atoms with van der Waals surface area (Å²) in [5.41, 5.74) is 1.76. The van der Waals surface area contributed by atoms with Crippen LogP contribution in [-0.2, 0) is 0 Å². The number of nitrogens with one attached hydrogen (secondary N) is 1. The number of nitrogens with zero attached hydrogens (tertiary/aromatic N) is 1. The first kappa shape index (κ1) is 12.8. The molecule has 1 aromatic carbocycles. The molecule has 1 N–H and O–H groups in total. The van der Waals surface area contributed by atoms with Crippen LogP contribution in [0.15, 0.2) is 36.5 Å². The Morgan fingerprint density at radius 2 is 1.81 bits per heavy atom. The molecule has 3 heteroatoms. The maximum Gasteiger partial charge on any atom is 0.107 e. The molecule has 0 saturated heterocycles. The van der Waals surface area contributed by atoms with Gasteiger partial charge in [0.1, 0.15) is 5.84 Å². The van der Waals surface area contributed by atoms with Crippen molar-refractivity contribution in [3.8, 4) is 0 Å². The molecule has 0 unspecified atom stereocenters. The van der Waals surface area contributed by atoms with Crippen molar-refractivity contribution in [1.29, 1.82) is 5.41 Å². The highest BCUT2D eigenvalue weighted by Gasteiger charge is 2.15. The predicted octanol–water partition coefficient (Wildman–Crippen LogP) is 4.31. The normalized spacial score (nSPS) is 10.3. The van der Waals surface area contributed by atoms with Crippen LogP contribution in [0.3, 0.4) is 0 Å². The van der Waals surface area contributed by atoms with Crippen molar-refractivity contribution < 1.29 is 0 Å². The Hall–Kier alpha value is -1.28. The average Bonchev–Trinajstić information content (AvgIpc) is 2.20. The summed E-state index contributed by atoms with van der Waals surface area (Å²) in [6.07, 6.45) is 0. The average molecular weight is 237 g/mol. The van der Waals surface area contributed by atoms with Gasteiger partial charge in [0.25, 0.3) is 0 Å². The third-order valence-corrected chi connectivity index (χ3v) is 2.51. The van der Waals surface area contributed by atoms with Gasteiger partial charge in [0.2, 0.25) is 0 Å². The Morgan fingerprint density at radius 3 is 2.19 bits per heavy atom. The molecule has 0 aliphatic heterocycles. The summed E-state index contributed by atoms with van der Waals surface area (Å²) in [6, 6.07) is 7.43. The maximum atomic E-state index is 8.05. The molecule has 1 rings (SSSR count). The number of anilines is 1. The summed E-state index contributed by atoms with van der Waals surface area (Å²) >= 11 is 5.84. The first-order valence-electron chi connectivity index (χ1n) is 5.23. The summed E-state index contributed by atoms with van der Waals surface area (Å²) in [5, 5.41) is 8.75. The molecule has 1 aromatic rings. The van der Waals surface area contributed by atoms with Crippen LogP contribution in [0.1, 0.15) is 20.8 Å². The van der Waals surface area contributed by atoms with E-state index in [1.54, 1.807) is 0 Å². The van der Waals surface area contributed by atoms with Crippen LogP contribution in [0.25, 0.3) is 0 Å². The summed E-state index contributed by atoms with van der Waals surface area (Å²) < 4.78 is 0. The van der Waals surface area contributed by atoms with Gasteiger partial charge < -0.3 is 4.90 Å². The van der Waals surface area contributed by atoms with Gasteiger partial charge in [-0.2, -0.15) is 0 Å². The van der Waals surface area contributed by atoms with Crippen LogP contribution in [0.4, 0.5) is 5.69 Å². The molecule has 0 fully saturated rings. The fourth-order valence-corrected chi connectivity index (χ4v) is 1.54. The zero-order chi connectivity index (χ0) is 12.3. The number of hydrogen-bond acceptors (Lipinski definition) is 1. The van der Waals surface area contributed by atoms with E-state index in [1.165, 1.54) is 0 Å². The zero-order valence-electron chi connectivity index (χ0n) is 9.92. The molecule has 0 radical (unpaired) electrons. The molecule has 0 aliphatic rings. The molecule has 0 heterocycles. The minimum atomic E-state index is 0.160. The van der Waals surface area contributed by atoms with Gasteiger partial charge in [-0.3, -0.25) is 5.41 Å². The highest BCUT2D eigenvalue weighted by atomic mass is 35.5. The summed E-state index contributed by atoms with van der Waals surface area (Å²) in [4.78, 5) is 1.83. The Balaban J connectivity index is 3.08. The van der Waals surface area contributed by atoms with E-state index < -0.39 is 0 Å². The molecule has 0 amide bonds. The second-order valence-electron chi connectivity index (χ2n) is 4.09. The van der Waals surface area contributed by atoms with Crippen molar-refractivity contribution in [2.45, 2.75) is 20.8 Å². The molecular weight excluding hydrogens is 220 g/mol. The van der Waals surface area contributed by atoms with Crippen LogP contribution >= 0.6 is 11.6 Å². The lowest BCUT2D eigenvalue weighted by molar-refractivity contribution is 0.849. The number of amidine groups is 1. The Kier molecular flexibility index (Phi) is 4.13. The molecule has 0 aliphatic carbocycles. The lowest BCUT2D eigenvalue weighted by atomic mass is 10.1. The van der Waals surface area contributed by atoms with Gasteiger partial charge in [0, 0.05) is 22.3 Å². The topological polar surface area (TPSA) is 27.1 Å². The largest absolute Gasteiger partial charge is 0.303 e. The molecule has 0 atom stereocenters. The quantitative estimate of drug-likeness (QED) is 0.614. The highest BCUT2D eigenvalue weighted by Crippen LogP contribution is 2.23. The van der Waals surface area contributed by atoms with Gasteiger partial charge in [0.05, 0.1) is 0 Å². The van der Waals surface area contributed by atoms with Crippen LogP contribution < -0.4 is 4.90 Å². The van der Waals surface area contributed by atoms with Gasteiger partial charge in [-0.05, 0) is 31.2 Å². The van der Waals surface area contributed by atoms with E-state index in [0.29, 0.717) is 10.9 Å². The van der Waals surface area contributed by atoms with E-state index >= 15 is 0 Å². The summed E-state index contributed by atoms with van der Waals surface area (Å²) in [6.45, 7) is 9.79. The second kappa shape index (κ2) is 5.17. The van der Waals surface area contributed by atoms with Crippen LogP contribution in [0.2, 0.25) is 5.02 Å². The Labute approximate surface area is 102 Å². The van der Waals surface area contributed by atoms with Gasteiger partial charge in [-0.15, -0.1) is 0 Å². The predicted molar refractivity (Wildman–Crippen MR) is 71.3 cm³/mol. The van der Waals surface area contributed by atoms with E-state index in [9.17, 15) is 0 Å². The van der Waals surface area contributed by atoms with E-state index in [-0.39, 0.29) is 5.92 Å². The van der Waals surface area contributed by atoms with Crippen molar-refractivity contribution >= 4 is 23.1 Å². The second-order valence-corrected chi connectivity index (χ2v) is 4.52. The summed E-state index contributed by atoms with van der Waals surface area (Å²) in [7, 11) is 0. The van der Waals surface area contributed by atoms with Gasteiger partial charge in [-0.1, -0.05) is 32.0 Å². The molecular formula is C13H17ClN2. The Morgan fingerprint density at radius 1 is 1.31 bits per heavy atom. The lowest BCUT2D eigenvalue weighted by Crippen LogP contribution is -2.31. The van der Waals surface area contributed by atoms with E-state index in [1.807, 2.05) is 49.9 Å². The molecule has 0 saturated carbocycles. The molecule has 16 heavy (non-hydrogen) atoms. The van der Waals surface area contributed by atoms with Crippen LogP contribution in [0.5, 0.6) is 0 Å². The fourth-order valence-electron chi connectivity index (χ4n) is 1.41. The van der Waals surface area contributed by atoms with Crippen molar-refractivity contribution in [3.05, 3.63) is 41.6 Å². The van der Waals surface area contributed by atoms with Crippen LogP contribution in [0, 0.1) is 11.3 Å². The third kappa shape index (κ3) is 2.86. The monoisotopic (exact) mass is 236 g/mol. The standard InChI is InChI=1S/C13H17ClN2/c1-9(2)13(15)16(10(3)4)12-7-5-11(14)6-8-12/h5-9,15H,3H2,1-2,4H3. The van der Waals surface area contributed by atoms with Crippen molar-refractivity contribution in [3.63, 3.8) is 0 Å². The minimum absolute atomic E-state index is 0.160. The molecule has 0 spiro atoms. The van der Waals surface area contributed by atoms with E-state index in [4.69, 9.17) is 17.0 Å². The molecule has 0 bridgehead atoms. The molecule has 0 aromatic heterocycles. The van der Waals surface area contributed by atoms with E-state index in [0.717, 1.165) is 11.4 Å². The first-order chi connectivity index (χ1) is 7.43. The Bertz CT molecular complexity index is 393. The van der Waals surface area contributed by atoms with Crippen molar-refractivity contribution in [2.24, 2.45) is 5.92 Å². The molecule has 86 valence electrons. The minimum Gasteiger partial charge on any atom is -0.303 e. The van der Waals surface area contributed by atoms with Crippen molar-refractivity contribution in [2.75, 3.05) is 4.90 Å². The van der Waals surface area contributed by atoms with Crippen LogP contribution in [-0.4, -0.2) is 5.84 Å². The highest BCUT2D eigenvalue weighted by molar-refractivity contribution is 6.30. The number of allylic oxidation sites excluding steroid dienone is 1. The van der Waals surface area contributed by atoms with Crippen molar-refractivity contribution in [1.82, 2.24) is 0 Å². The molecule has 2 nitrogen and oxygen atoms in total. The van der Waals surface area contributed by atoms with Gasteiger partial charge >= 0.3 is 0 Å². The zero-order valence-corrected chi connectivity index (χ0v) is 10.7. The fraction of sp³-hybridized carbons (Fsp3) is 0.308. The third-order valence-electron chi connectivity index (χ3n) is 2.25.